The van der Waals surface area contributed by atoms with Crippen molar-refractivity contribution in [2.75, 3.05) is 21.3 Å². The molecule has 0 radical (unpaired) electrons. The fraction of sp³-hybridized carbons (Fsp3) is 0.286. The summed E-state index contributed by atoms with van der Waals surface area (Å²) in [4.78, 5) is 18.4. The molecule has 152 valence electrons. The first-order chi connectivity index (χ1) is 14.0. The predicted molar refractivity (Wildman–Crippen MR) is 106 cm³/mol. The van der Waals surface area contributed by atoms with Crippen molar-refractivity contribution < 1.29 is 23.5 Å². The normalized spacial score (nSPS) is 11.6. The summed E-state index contributed by atoms with van der Waals surface area (Å²) >= 11 is 0. The van der Waals surface area contributed by atoms with Crippen LogP contribution in [0.3, 0.4) is 0 Å². The number of aromatic nitrogens is 2. The van der Waals surface area contributed by atoms with Gasteiger partial charge in [-0.15, -0.1) is 0 Å². The molecule has 0 bridgehead atoms. The van der Waals surface area contributed by atoms with Gasteiger partial charge in [0.05, 0.1) is 20.8 Å². The largest absolute Gasteiger partial charge is 0.497 e. The maximum Gasteiger partial charge on any atom is 0.263 e. The fourth-order valence-electron chi connectivity index (χ4n) is 2.70. The molecule has 2 aromatic carbocycles. The first-order valence-electron chi connectivity index (χ1n) is 9.03. The summed E-state index contributed by atoms with van der Waals surface area (Å²) in [5.74, 6) is 2.56. The summed E-state index contributed by atoms with van der Waals surface area (Å²) in [5, 5.41) is 3.98. The third kappa shape index (κ3) is 5.04. The summed E-state index contributed by atoms with van der Waals surface area (Å²) < 4.78 is 21.3. The average Bonchev–Trinajstić information content (AvgIpc) is 3.22. The van der Waals surface area contributed by atoms with Crippen molar-refractivity contribution in [2.24, 2.45) is 0 Å². The van der Waals surface area contributed by atoms with Gasteiger partial charge in [0.1, 0.15) is 17.2 Å². The predicted octanol–water partition coefficient (Wildman–Crippen LogP) is 3.18. The van der Waals surface area contributed by atoms with Gasteiger partial charge in [-0.1, -0.05) is 17.3 Å². The smallest absolute Gasteiger partial charge is 0.263 e. The highest BCUT2D eigenvalue weighted by Crippen LogP contribution is 2.22. The van der Waals surface area contributed by atoms with Gasteiger partial charge in [-0.3, -0.25) is 4.79 Å². The Morgan fingerprint density at radius 1 is 1.07 bits per heavy atom. The van der Waals surface area contributed by atoms with Crippen molar-refractivity contribution >= 4 is 5.91 Å². The summed E-state index contributed by atoms with van der Waals surface area (Å²) in [6, 6.07) is 14.4. The van der Waals surface area contributed by atoms with E-state index in [9.17, 15) is 4.79 Å². The molecule has 8 heteroatoms. The number of carbonyl (C=O) groups is 1. The Kier molecular flexibility index (Phi) is 6.33. The second kappa shape index (κ2) is 9.09. The molecule has 0 saturated heterocycles. The lowest BCUT2D eigenvalue weighted by atomic mass is 10.2. The zero-order valence-corrected chi connectivity index (χ0v) is 16.8. The van der Waals surface area contributed by atoms with Crippen molar-refractivity contribution in [1.29, 1.82) is 0 Å². The Balaban J connectivity index is 1.60. The Morgan fingerprint density at radius 3 is 2.45 bits per heavy atom. The van der Waals surface area contributed by atoms with E-state index in [0.29, 0.717) is 23.2 Å². The van der Waals surface area contributed by atoms with E-state index >= 15 is 0 Å². The van der Waals surface area contributed by atoms with Crippen LogP contribution in [0.1, 0.15) is 12.8 Å². The molecule has 29 heavy (non-hydrogen) atoms. The monoisotopic (exact) mass is 397 g/mol. The molecule has 0 aliphatic rings. The van der Waals surface area contributed by atoms with E-state index in [1.54, 1.807) is 52.5 Å². The molecule has 3 aromatic rings. The molecule has 0 aliphatic carbocycles. The van der Waals surface area contributed by atoms with E-state index in [1.165, 1.54) is 4.90 Å². The molecule has 0 N–H and O–H groups in total. The number of benzene rings is 2. The van der Waals surface area contributed by atoms with Gasteiger partial charge in [-0.25, -0.2) is 0 Å². The molecule has 0 aliphatic heterocycles. The molecule has 0 fully saturated rings. The SMILES string of the molecule is COc1ccc(O[C@H](C)C(=O)N(C)Cc2nc(-c3cccc(OC)c3)no2)cc1. The van der Waals surface area contributed by atoms with Crippen LogP contribution in [0.4, 0.5) is 0 Å². The molecule has 0 unspecified atom stereocenters. The highest BCUT2D eigenvalue weighted by Gasteiger charge is 2.21. The zero-order valence-electron chi connectivity index (χ0n) is 16.8. The summed E-state index contributed by atoms with van der Waals surface area (Å²) in [6.45, 7) is 1.87. The van der Waals surface area contributed by atoms with E-state index in [1.807, 2.05) is 24.3 Å². The van der Waals surface area contributed by atoms with Gasteiger partial charge in [-0.2, -0.15) is 4.98 Å². The topological polar surface area (TPSA) is 86.9 Å². The van der Waals surface area contributed by atoms with Crippen molar-refractivity contribution in [3.05, 3.63) is 54.4 Å². The summed E-state index contributed by atoms with van der Waals surface area (Å²) in [6.07, 6.45) is -0.672. The number of rotatable bonds is 8. The minimum absolute atomic E-state index is 0.173. The number of nitrogens with zero attached hydrogens (tertiary/aromatic N) is 3. The fourth-order valence-corrected chi connectivity index (χ4v) is 2.70. The highest BCUT2D eigenvalue weighted by atomic mass is 16.5. The molecule has 8 nitrogen and oxygen atoms in total. The number of likely N-dealkylation sites (N-methyl/N-ethyl adjacent to an activating group) is 1. The Labute approximate surface area is 169 Å². The van der Waals surface area contributed by atoms with Crippen molar-refractivity contribution in [3.63, 3.8) is 0 Å². The maximum atomic E-state index is 12.6. The van der Waals surface area contributed by atoms with E-state index in [4.69, 9.17) is 18.7 Å². The van der Waals surface area contributed by atoms with Gasteiger partial charge >= 0.3 is 0 Å². The molecule has 3 rings (SSSR count). The number of amides is 1. The van der Waals surface area contributed by atoms with Gasteiger partial charge in [0.25, 0.3) is 5.91 Å². The number of hydrogen-bond acceptors (Lipinski definition) is 7. The Bertz CT molecular complexity index is 955. The quantitative estimate of drug-likeness (QED) is 0.577. The summed E-state index contributed by atoms with van der Waals surface area (Å²) in [5.41, 5.74) is 0.768. The number of ether oxygens (including phenoxy) is 3. The second-order valence-electron chi connectivity index (χ2n) is 6.37. The van der Waals surface area contributed by atoms with Crippen LogP contribution in [0.15, 0.2) is 53.1 Å². The Morgan fingerprint density at radius 2 is 1.76 bits per heavy atom. The molecule has 1 atom stereocenters. The van der Waals surface area contributed by atoms with E-state index in [0.717, 1.165) is 11.3 Å². The first kappa shape index (κ1) is 20.2. The standard InChI is InChI=1S/C21H23N3O5/c1-14(28-17-10-8-16(26-3)9-11-17)21(25)24(2)13-19-22-20(23-29-19)15-6-5-7-18(12-15)27-4/h5-12,14H,13H2,1-4H3/t14-/m1/s1. The van der Waals surface area contributed by atoms with Gasteiger partial charge in [0.15, 0.2) is 6.10 Å². The average molecular weight is 397 g/mol. The molecule has 0 saturated carbocycles. The number of carbonyl (C=O) groups excluding carboxylic acids is 1. The molecule has 0 spiro atoms. The van der Waals surface area contributed by atoms with Crippen LogP contribution in [-0.4, -0.2) is 48.3 Å². The van der Waals surface area contributed by atoms with E-state index < -0.39 is 6.10 Å². The van der Waals surface area contributed by atoms with Crippen molar-refractivity contribution in [1.82, 2.24) is 15.0 Å². The maximum absolute atomic E-state index is 12.6. The van der Waals surface area contributed by atoms with Gasteiger partial charge in [-0.05, 0) is 43.3 Å². The van der Waals surface area contributed by atoms with Crippen molar-refractivity contribution in [2.45, 2.75) is 19.6 Å². The Hall–Kier alpha value is -3.55. The van der Waals surface area contributed by atoms with Crippen LogP contribution in [-0.2, 0) is 11.3 Å². The highest BCUT2D eigenvalue weighted by molar-refractivity contribution is 5.80. The minimum Gasteiger partial charge on any atom is -0.497 e. The van der Waals surface area contributed by atoms with Crippen LogP contribution in [0.5, 0.6) is 17.2 Å². The second-order valence-corrected chi connectivity index (χ2v) is 6.37. The van der Waals surface area contributed by atoms with Crippen LogP contribution < -0.4 is 14.2 Å². The lowest BCUT2D eigenvalue weighted by Gasteiger charge is -2.20. The summed E-state index contributed by atoms with van der Waals surface area (Å²) in [7, 11) is 4.84. The van der Waals surface area contributed by atoms with E-state index in [2.05, 4.69) is 10.1 Å². The minimum atomic E-state index is -0.672. The molecular weight excluding hydrogens is 374 g/mol. The third-order valence-electron chi connectivity index (χ3n) is 4.26. The van der Waals surface area contributed by atoms with Crippen LogP contribution >= 0.6 is 0 Å². The van der Waals surface area contributed by atoms with Gasteiger partial charge < -0.3 is 23.6 Å². The molecule has 1 amide bonds. The molecule has 1 aromatic heterocycles. The first-order valence-corrected chi connectivity index (χ1v) is 9.03. The molecule has 1 heterocycles. The molecular formula is C21H23N3O5. The van der Waals surface area contributed by atoms with Crippen LogP contribution in [0.25, 0.3) is 11.4 Å². The lowest BCUT2D eigenvalue weighted by molar-refractivity contribution is -0.137. The van der Waals surface area contributed by atoms with Gasteiger partial charge in [0.2, 0.25) is 11.7 Å². The zero-order chi connectivity index (χ0) is 20.8. The number of hydrogen-bond donors (Lipinski definition) is 0. The number of methoxy groups -OCH3 is 2. The van der Waals surface area contributed by atoms with Crippen LogP contribution in [0, 0.1) is 0 Å². The van der Waals surface area contributed by atoms with Crippen LogP contribution in [0.2, 0.25) is 0 Å². The van der Waals surface area contributed by atoms with E-state index in [-0.39, 0.29) is 12.5 Å². The third-order valence-corrected chi connectivity index (χ3v) is 4.26. The van der Waals surface area contributed by atoms with Crippen molar-refractivity contribution in [3.8, 4) is 28.6 Å². The lowest BCUT2D eigenvalue weighted by Crippen LogP contribution is -2.37. The van der Waals surface area contributed by atoms with Gasteiger partial charge in [0, 0.05) is 12.6 Å².